The van der Waals surface area contributed by atoms with Crippen LogP contribution in [0.15, 0.2) is 23.6 Å². The van der Waals surface area contributed by atoms with E-state index in [2.05, 4.69) is 36.4 Å². The number of hydrogen-bond acceptors (Lipinski definition) is 5. The normalized spacial score (nSPS) is 11.1. The lowest BCUT2D eigenvalue weighted by molar-refractivity contribution is 0.240. The maximum atomic E-state index is 12.0. The van der Waals surface area contributed by atoms with Crippen LogP contribution in [0.1, 0.15) is 37.0 Å². The van der Waals surface area contributed by atoms with Crippen molar-refractivity contribution >= 4 is 17.4 Å². The fourth-order valence-electron chi connectivity index (χ4n) is 2.13. The van der Waals surface area contributed by atoms with Crippen molar-refractivity contribution in [3.05, 3.63) is 39.8 Å². The Hall–Kier alpha value is -2.28. The molecule has 0 saturated carbocycles. The molecular weight excluding hydrogens is 338 g/mol. The molecular formula is C18H25N3O3S. The van der Waals surface area contributed by atoms with E-state index >= 15 is 0 Å². The molecule has 25 heavy (non-hydrogen) atoms. The van der Waals surface area contributed by atoms with E-state index in [-0.39, 0.29) is 11.4 Å². The van der Waals surface area contributed by atoms with Crippen LogP contribution < -0.4 is 20.1 Å². The lowest BCUT2D eigenvalue weighted by Crippen LogP contribution is -2.34. The summed E-state index contributed by atoms with van der Waals surface area (Å²) >= 11 is 1.56. The SMILES string of the molecule is COc1ccc(CNC(=O)NCc2nc(C(C)(C)C)cs2)cc1OC. The number of aromatic nitrogens is 1. The molecule has 1 aromatic carbocycles. The fourth-order valence-corrected chi connectivity index (χ4v) is 3.09. The summed E-state index contributed by atoms with van der Waals surface area (Å²) in [6, 6.07) is 5.31. The molecule has 0 fully saturated rings. The molecule has 2 N–H and O–H groups in total. The standard InChI is InChI=1S/C18H25N3O3S/c1-18(2,3)15-11-25-16(21-15)10-20-17(22)19-9-12-6-7-13(23-4)14(8-12)24-5/h6-8,11H,9-10H2,1-5H3,(H2,19,20,22). The summed E-state index contributed by atoms with van der Waals surface area (Å²) in [4.78, 5) is 16.5. The van der Waals surface area contributed by atoms with Crippen molar-refractivity contribution in [3.63, 3.8) is 0 Å². The van der Waals surface area contributed by atoms with Gasteiger partial charge in [0.15, 0.2) is 11.5 Å². The zero-order valence-electron chi connectivity index (χ0n) is 15.3. The van der Waals surface area contributed by atoms with E-state index in [0.29, 0.717) is 24.6 Å². The minimum absolute atomic E-state index is 0.0183. The Bertz CT molecular complexity index is 723. The summed E-state index contributed by atoms with van der Waals surface area (Å²) in [5.41, 5.74) is 1.99. The van der Waals surface area contributed by atoms with Gasteiger partial charge < -0.3 is 20.1 Å². The van der Waals surface area contributed by atoms with E-state index in [1.54, 1.807) is 25.6 Å². The minimum atomic E-state index is -0.234. The van der Waals surface area contributed by atoms with Crippen LogP contribution in [0.2, 0.25) is 0 Å². The maximum Gasteiger partial charge on any atom is 0.315 e. The van der Waals surface area contributed by atoms with Crippen LogP contribution in [0.4, 0.5) is 4.79 Å². The predicted octanol–water partition coefficient (Wildman–Crippen LogP) is 3.46. The summed E-state index contributed by atoms with van der Waals surface area (Å²) in [6.07, 6.45) is 0. The second-order valence-electron chi connectivity index (χ2n) is 6.60. The van der Waals surface area contributed by atoms with Crippen LogP contribution in [0.5, 0.6) is 11.5 Å². The van der Waals surface area contributed by atoms with E-state index in [0.717, 1.165) is 16.3 Å². The molecule has 0 bridgehead atoms. The number of hydrogen-bond donors (Lipinski definition) is 2. The van der Waals surface area contributed by atoms with Crippen LogP contribution in [0, 0.1) is 0 Å². The van der Waals surface area contributed by atoms with Gasteiger partial charge in [-0.1, -0.05) is 26.8 Å². The third-order valence-electron chi connectivity index (χ3n) is 3.62. The van der Waals surface area contributed by atoms with Gasteiger partial charge in [-0.2, -0.15) is 0 Å². The molecule has 0 aliphatic heterocycles. The molecule has 1 aromatic heterocycles. The minimum Gasteiger partial charge on any atom is -0.493 e. The van der Waals surface area contributed by atoms with Crippen molar-refractivity contribution in [2.75, 3.05) is 14.2 Å². The third-order valence-corrected chi connectivity index (χ3v) is 4.47. The number of nitrogens with zero attached hydrogens (tertiary/aromatic N) is 1. The van der Waals surface area contributed by atoms with Crippen LogP contribution in [0.25, 0.3) is 0 Å². The van der Waals surface area contributed by atoms with Crippen molar-refractivity contribution in [1.82, 2.24) is 15.6 Å². The number of amides is 2. The molecule has 2 rings (SSSR count). The van der Waals surface area contributed by atoms with Crippen molar-refractivity contribution in [3.8, 4) is 11.5 Å². The molecule has 2 aromatic rings. The van der Waals surface area contributed by atoms with Gasteiger partial charge in [-0.15, -0.1) is 11.3 Å². The van der Waals surface area contributed by atoms with E-state index in [9.17, 15) is 4.79 Å². The van der Waals surface area contributed by atoms with Gasteiger partial charge in [0.25, 0.3) is 0 Å². The number of methoxy groups -OCH3 is 2. The van der Waals surface area contributed by atoms with Crippen molar-refractivity contribution < 1.29 is 14.3 Å². The molecule has 0 radical (unpaired) electrons. The first kappa shape index (κ1) is 19.1. The number of ether oxygens (including phenoxy) is 2. The summed E-state index contributed by atoms with van der Waals surface area (Å²) < 4.78 is 10.5. The van der Waals surface area contributed by atoms with E-state index in [1.165, 1.54) is 0 Å². The highest BCUT2D eigenvalue weighted by Crippen LogP contribution is 2.27. The van der Waals surface area contributed by atoms with Crippen molar-refractivity contribution in [1.29, 1.82) is 0 Å². The number of benzene rings is 1. The van der Waals surface area contributed by atoms with Gasteiger partial charge in [0, 0.05) is 17.3 Å². The molecule has 6 nitrogen and oxygen atoms in total. The van der Waals surface area contributed by atoms with E-state index in [4.69, 9.17) is 9.47 Å². The van der Waals surface area contributed by atoms with Crippen LogP contribution in [-0.4, -0.2) is 25.2 Å². The fraction of sp³-hybridized carbons (Fsp3) is 0.444. The van der Waals surface area contributed by atoms with Crippen molar-refractivity contribution in [2.24, 2.45) is 0 Å². The van der Waals surface area contributed by atoms with Gasteiger partial charge in [-0.25, -0.2) is 9.78 Å². The Kier molecular flexibility index (Phi) is 6.25. The first-order chi connectivity index (χ1) is 11.8. The average Bonchev–Trinajstić information content (AvgIpc) is 3.07. The quantitative estimate of drug-likeness (QED) is 0.824. The number of thiazole rings is 1. The Morgan fingerprint density at radius 2 is 1.80 bits per heavy atom. The number of rotatable bonds is 6. The summed E-state index contributed by atoms with van der Waals surface area (Å²) in [5.74, 6) is 1.30. The molecule has 0 aliphatic rings. The van der Waals surface area contributed by atoms with Gasteiger partial charge in [0.1, 0.15) is 5.01 Å². The van der Waals surface area contributed by atoms with Gasteiger partial charge in [-0.3, -0.25) is 0 Å². The predicted molar refractivity (Wildman–Crippen MR) is 99.4 cm³/mol. The molecule has 0 saturated heterocycles. The molecule has 136 valence electrons. The van der Waals surface area contributed by atoms with Gasteiger partial charge in [0.2, 0.25) is 0 Å². The van der Waals surface area contributed by atoms with Gasteiger partial charge in [-0.05, 0) is 17.7 Å². The van der Waals surface area contributed by atoms with E-state index in [1.807, 2.05) is 23.6 Å². The van der Waals surface area contributed by atoms with Gasteiger partial charge in [0.05, 0.1) is 26.5 Å². The summed E-state index contributed by atoms with van der Waals surface area (Å²) in [7, 11) is 3.18. The monoisotopic (exact) mass is 363 g/mol. The highest BCUT2D eigenvalue weighted by molar-refractivity contribution is 7.09. The maximum absolute atomic E-state index is 12.0. The molecule has 2 amide bonds. The molecule has 0 unspecified atom stereocenters. The Morgan fingerprint density at radius 3 is 2.40 bits per heavy atom. The Labute approximate surface area is 152 Å². The molecule has 7 heteroatoms. The average molecular weight is 363 g/mol. The first-order valence-electron chi connectivity index (χ1n) is 8.01. The second kappa shape index (κ2) is 8.20. The topological polar surface area (TPSA) is 72.5 Å². The number of urea groups is 1. The number of carbonyl (C=O) groups excluding carboxylic acids is 1. The molecule has 1 heterocycles. The Balaban J connectivity index is 1.84. The second-order valence-corrected chi connectivity index (χ2v) is 7.54. The van der Waals surface area contributed by atoms with Gasteiger partial charge >= 0.3 is 6.03 Å². The highest BCUT2D eigenvalue weighted by atomic mass is 32.1. The molecule has 0 aliphatic carbocycles. The zero-order chi connectivity index (χ0) is 18.4. The molecule has 0 spiro atoms. The molecule has 0 atom stereocenters. The third kappa shape index (κ3) is 5.35. The highest BCUT2D eigenvalue weighted by Gasteiger charge is 2.17. The van der Waals surface area contributed by atoms with Crippen LogP contribution in [-0.2, 0) is 18.5 Å². The van der Waals surface area contributed by atoms with Crippen LogP contribution >= 0.6 is 11.3 Å². The zero-order valence-corrected chi connectivity index (χ0v) is 16.1. The van der Waals surface area contributed by atoms with Crippen LogP contribution in [0.3, 0.4) is 0 Å². The lowest BCUT2D eigenvalue weighted by Gasteiger charge is -2.14. The number of nitrogens with one attached hydrogen (secondary N) is 2. The van der Waals surface area contributed by atoms with Crippen molar-refractivity contribution in [2.45, 2.75) is 39.3 Å². The smallest absolute Gasteiger partial charge is 0.315 e. The Morgan fingerprint density at radius 1 is 1.12 bits per heavy atom. The first-order valence-corrected chi connectivity index (χ1v) is 8.89. The largest absolute Gasteiger partial charge is 0.493 e. The lowest BCUT2D eigenvalue weighted by atomic mass is 9.93. The summed E-state index contributed by atoms with van der Waals surface area (Å²) in [6.45, 7) is 7.18. The summed E-state index contributed by atoms with van der Waals surface area (Å²) in [5, 5.41) is 8.59. The number of carbonyl (C=O) groups is 1. The van der Waals surface area contributed by atoms with E-state index < -0.39 is 0 Å².